The Balaban J connectivity index is 0.000000784. The molecule has 0 bridgehead atoms. The molecule has 0 saturated heterocycles. The van der Waals surface area contributed by atoms with E-state index in [1.807, 2.05) is 80.6 Å². The molecule has 3 aromatic carbocycles. The predicted octanol–water partition coefficient (Wildman–Crippen LogP) is 5.81. The topological polar surface area (TPSA) is 105 Å². The van der Waals surface area contributed by atoms with Crippen molar-refractivity contribution in [2.45, 2.75) is 46.3 Å². The van der Waals surface area contributed by atoms with Gasteiger partial charge in [-0.15, -0.1) is 0 Å². The van der Waals surface area contributed by atoms with E-state index in [0.717, 1.165) is 28.2 Å². The van der Waals surface area contributed by atoms with Crippen LogP contribution < -0.4 is 14.8 Å². The number of rotatable bonds is 7. The van der Waals surface area contributed by atoms with Crippen molar-refractivity contribution >= 4 is 10.1 Å². The van der Waals surface area contributed by atoms with E-state index in [1.54, 1.807) is 0 Å². The first-order valence-corrected chi connectivity index (χ1v) is 13.0. The van der Waals surface area contributed by atoms with Crippen molar-refractivity contribution in [2.24, 2.45) is 0 Å². The molecule has 190 valence electrons. The van der Waals surface area contributed by atoms with E-state index in [9.17, 15) is 13.5 Å². The number of hydrogen-bond acceptors (Lipinski definition) is 6. The monoisotopic (exact) mass is 501 g/mol. The third-order valence-corrected chi connectivity index (χ3v) is 4.81. The lowest BCUT2D eigenvalue weighted by molar-refractivity contribution is 0.163. The molecule has 0 amide bonds. The fraction of sp³-hybridized carbons (Fsp3) is 0.333. The summed E-state index contributed by atoms with van der Waals surface area (Å²) in [6.07, 6.45) is 0.0588. The summed E-state index contributed by atoms with van der Waals surface area (Å²) in [5, 5.41) is 14.0. The standard InChI is InChI=1S/C26H31NO3.CH4O3S/c1-18-10-6-8-12-22(18)29-24-15-14-20(21(28)17-27-26(3,4)5)16-25(24)30-23-13-9-7-11-19(23)2;1-5(2,3)4/h6-16,21,27-28H,17H2,1-5H3;1H3,(H,2,3,4). The zero-order chi connectivity index (χ0) is 26.2. The van der Waals surface area contributed by atoms with E-state index in [1.165, 1.54) is 0 Å². The van der Waals surface area contributed by atoms with Gasteiger partial charge >= 0.3 is 0 Å². The second-order valence-electron chi connectivity index (χ2n) is 9.32. The highest BCUT2D eigenvalue weighted by Crippen LogP contribution is 2.38. The SMILES string of the molecule is CS(=O)(=O)O.Cc1ccccc1Oc1ccc(C(O)CNC(C)(C)C)cc1Oc1ccccc1C. The molecule has 1 unspecified atom stereocenters. The number of nitrogens with one attached hydrogen (secondary N) is 1. The van der Waals surface area contributed by atoms with Gasteiger partial charge in [0.1, 0.15) is 11.5 Å². The van der Waals surface area contributed by atoms with Crippen LogP contribution in [0.2, 0.25) is 0 Å². The van der Waals surface area contributed by atoms with Crippen LogP contribution >= 0.6 is 0 Å². The minimum Gasteiger partial charge on any atom is -0.453 e. The number of ether oxygens (including phenoxy) is 2. The molecule has 3 aromatic rings. The van der Waals surface area contributed by atoms with Crippen molar-refractivity contribution in [3.05, 3.63) is 83.4 Å². The van der Waals surface area contributed by atoms with Crippen LogP contribution in [0.25, 0.3) is 0 Å². The van der Waals surface area contributed by atoms with E-state index in [0.29, 0.717) is 24.3 Å². The molecule has 0 aliphatic heterocycles. The Morgan fingerprint density at radius 1 is 0.829 bits per heavy atom. The maximum atomic E-state index is 10.7. The highest BCUT2D eigenvalue weighted by molar-refractivity contribution is 7.85. The van der Waals surface area contributed by atoms with Gasteiger partial charge in [-0.2, -0.15) is 8.42 Å². The molecule has 0 aliphatic carbocycles. The van der Waals surface area contributed by atoms with Gasteiger partial charge in [0, 0.05) is 12.1 Å². The van der Waals surface area contributed by atoms with Gasteiger partial charge in [-0.25, -0.2) is 0 Å². The Labute approximate surface area is 208 Å². The first kappa shape index (κ1) is 28.3. The molecule has 0 saturated carbocycles. The van der Waals surface area contributed by atoms with E-state index < -0.39 is 16.2 Å². The number of aryl methyl sites for hydroxylation is 2. The number of benzene rings is 3. The van der Waals surface area contributed by atoms with Crippen LogP contribution in [0, 0.1) is 13.8 Å². The van der Waals surface area contributed by atoms with Crippen LogP contribution in [0.5, 0.6) is 23.0 Å². The molecule has 0 aromatic heterocycles. The lowest BCUT2D eigenvalue weighted by atomic mass is 10.1. The Morgan fingerprint density at radius 2 is 1.29 bits per heavy atom. The van der Waals surface area contributed by atoms with Gasteiger partial charge in [-0.1, -0.05) is 42.5 Å². The summed E-state index contributed by atoms with van der Waals surface area (Å²) < 4.78 is 38.3. The molecule has 0 fully saturated rings. The zero-order valence-electron chi connectivity index (χ0n) is 21.1. The molecular formula is C27H35NO6S. The molecule has 3 N–H and O–H groups in total. The minimum atomic E-state index is -3.67. The normalized spacial score (nSPS) is 12.3. The van der Waals surface area contributed by atoms with Gasteiger partial charge in [0.2, 0.25) is 0 Å². The summed E-state index contributed by atoms with van der Waals surface area (Å²) in [7, 11) is -3.67. The van der Waals surface area contributed by atoms with Gasteiger partial charge in [-0.3, -0.25) is 4.55 Å². The first-order chi connectivity index (χ1) is 16.2. The largest absolute Gasteiger partial charge is 0.453 e. The van der Waals surface area contributed by atoms with Crippen molar-refractivity contribution in [3.63, 3.8) is 0 Å². The van der Waals surface area contributed by atoms with E-state index in [4.69, 9.17) is 14.0 Å². The summed E-state index contributed by atoms with van der Waals surface area (Å²) in [6.45, 7) is 10.7. The van der Waals surface area contributed by atoms with Gasteiger partial charge < -0.3 is 19.9 Å². The fourth-order valence-electron chi connectivity index (χ4n) is 3.00. The second kappa shape index (κ2) is 12.2. The van der Waals surface area contributed by atoms with E-state index in [-0.39, 0.29) is 5.54 Å². The minimum absolute atomic E-state index is 0.0741. The Bertz CT molecular complexity index is 1210. The molecule has 8 heteroatoms. The second-order valence-corrected chi connectivity index (χ2v) is 10.8. The highest BCUT2D eigenvalue weighted by Gasteiger charge is 2.17. The van der Waals surface area contributed by atoms with Gasteiger partial charge in [0.05, 0.1) is 12.4 Å². The average Bonchev–Trinajstić information content (AvgIpc) is 2.74. The van der Waals surface area contributed by atoms with Crippen LogP contribution in [0.4, 0.5) is 0 Å². The summed E-state index contributed by atoms with van der Waals surface area (Å²) in [4.78, 5) is 0. The highest BCUT2D eigenvalue weighted by atomic mass is 32.2. The zero-order valence-corrected chi connectivity index (χ0v) is 21.9. The predicted molar refractivity (Wildman–Crippen MR) is 139 cm³/mol. The Kier molecular flexibility index (Phi) is 9.85. The maximum Gasteiger partial charge on any atom is 0.261 e. The van der Waals surface area contributed by atoms with Crippen molar-refractivity contribution < 1.29 is 27.6 Å². The number of hydrogen-bond donors (Lipinski definition) is 3. The van der Waals surface area contributed by atoms with Crippen LogP contribution in [0.15, 0.2) is 66.7 Å². The number of β-amino-alcohol motifs (C(OH)–C–C–N with tert-alkyl or cyclic N) is 1. The quantitative estimate of drug-likeness (QED) is 0.351. The summed E-state index contributed by atoms with van der Waals surface area (Å²) in [6, 6.07) is 21.3. The van der Waals surface area contributed by atoms with Crippen molar-refractivity contribution in [2.75, 3.05) is 12.8 Å². The summed E-state index contributed by atoms with van der Waals surface area (Å²) in [5.74, 6) is 2.70. The molecule has 0 radical (unpaired) electrons. The van der Waals surface area contributed by atoms with Crippen molar-refractivity contribution in [3.8, 4) is 23.0 Å². The lowest BCUT2D eigenvalue weighted by Crippen LogP contribution is -2.38. The third-order valence-electron chi connectivity index (χ3n) is 4.81. The summed E-state index contributed by atoms with van der Waals surface area (Å²) in [5.41, 5.74) is 2.76. The molecule has 7 nitrogen and oxygen atoms in total. The van der Waals surface area contributed by atoms with Gasteiger partial charge in [0.15, 0.2) is 11.5 Å². The lowest BCUT2D eigenvalue weighted by Gasteiger charge is -2.23. The van der Waals surface area contributed by atoms with Crippen molar-refractivity contribution in [1.29, 1.82) is 0 Å². The molecular weight excluding hydrogens is 466 g/mol. The van der Waals surface area contributed by atoms with Gasteiger partial charge in [-0.05, 0) is 75.6 Å². The third kappa shape index (κ3) is 10.5. The van der Waals surface area contributed by atoms with Crippen molar-refractivity contribution in [1.82, 2.24) is 5.32 Å². The number of aliphatic hydroxyl groups excluding tert-OH is 1. The van der Waals surface area contributed by atoms with E-state index >= 15 is 0 Å². The number of aliphatic hydroxyl groups is 1. The maximum absolute atomic E-state index is 10.7. The summed E-state index contributed by atoms with van der Waals surface area (Å²) >= 11 is 0. The van der Waals surface area contributed by atoms with Gasteiger partial charge in [0.25, 0.3) is 10.1 Å². The van der Waals surface area contributed by atoms with Crippen LogP contribution in [-0.2, 0) is 10.1 Å². The molecule has 0 heterocycles. The smallest absolute Gasteiger partial charge is 0.261 e. The van der Waals surface area contributed by atoms with E-state index in [2.05, 4.69) is 26.1 Å². The number of para-hydroxylation sites is 2. The molecule has 1 atom stereocenters. The molecule has 0 spiro atoms. The van der Waals surface area contributed by atoms with Crippen LogP contribution in [0.3, 0.4) is 0 Å². The first-order valence-electron chi connectivity index (χ1n) is 11.2. The molecule has 0 aliphatic rings. The molecule has 3 rings (SSSR count). The molecule has 35 heavy (non-hydrogen) atoms. The average molecular weight is 502 g/mol. The van der Waals surface area contributed by atoms with Crippen LogP contribution in [0.1, 0.15) is 43.6 Å². The fourth-order valence-corrected chi connectivity index (χ4v) is 3.00. The Morgan fingerprint density at radius 3 is 1.74 bits per heavy atom. The van der Waals surface area contributed by atoms with Crippen LogP contribution in [-0.4, -0.2) is 36.4 Å². The Hall–Kier alpha value is -2.91.